The van der Waals surface area contributed by atoms with Crippen molar-refractivity contribution in [3.63, 3.8) is 0 Å². The molecule has 1 saturated heterocycles. The van der Waals surface area contributed by atoms with E-state index < -0.39 is 43.0 Å². The number of ether oxygens (including phenoxy) is 2. The summed E-state index contributed by atoms with van der Waals surface area (Å²) in [4.78, 5) is 30.6. The molecule has 0 saturated carbocycles. The molecule has 1 aliphatic heterocycles. The van der Waals surface area contributed by atoms with E-state index >= 15 is 0 Å². The van der Waals surface area contributed by atoms with Gasteiger partial charge in [-0.05, 0) is 41.5 Å². The number of nitriles is 1. The van der Waals surface area contributed by atoms with Gasteiger partial charge in [-0.2, -0.15) is 5.26 Å². The van der Waals surface area contributed by atoms with Crippen molar-refractivity contribution in [2.24, 2.45) is 0 Å². The molecule has 2 amide bonds. The molecule has 3 aromatic rings. The Hall–Kier alpha value is -4.10. The summed E-state index contributed by atoms with van der Waals surface area (Å²) < 4.78 is 38.1. The molecule has 2 heterocycles. The SMILES string of the molecule is COc1ccc(-c2ccc3nccc(C(=O)NCC(=O)N4CC(F)(F)C[C@]4(C#N)OC)c3c2)cc1. The molecule has 0 bridgehead atoms. The number of carbonyl (C=O) groups excluding carboxylic acids is 2. The van der Waals surface area contributed by atoms with Crippen LogP contribution in [0.25, 0.3) is 22.0 Å². The van der Waals surface area contributed by atoms with Crippen LogP contribution in [0.5, 0.6) is 5.75 Å². The normalized spacial score (nSPS) is 18.8. The molecule has 0 spiro atoms. The van der Waals surface area contributed by atoms with Gasteiger partial charge in [-0.1, -0.05) is 18.2 Å². The minimum absolute atomic E-state index is 0.267. The molecule has 180 valence electrons. The number of amides is 2. The van der Waals surface area contributed by atoms with E-state index in [0.717, 1.165) is 18.2 Å². The fourth-order valence-electron chi connectivity index (χ4n) is 4.13. The van der Waals surface area contributed by atoms with Gasteiger partial charge >= 0.3 is 0 Å². The Morgan fingerprint density at radius 3 is 2.51 bits per heavy atom. The van der Waals surface area contributed by atoms with E-state index in [2.05, 4.69) is 10.3 Å². The van der Waals surface area contributed by atoms with E-state index in [1.54, 1.807) is 19.2 Å². The van der Waals surface area contributed by atoms with Gasteiger partial charge in [0.2, 0.25) is 11.6 Å². The van der Waals surface area contributed by atoms with Crippen molar-refractivity contribution in [2.45, 2.75) is 18.1 Å². The van der Waals surface area contributed by atoms with Gasteiger partial charge < -0.3 is 14.8 Å². The summed E-state index contributed by atoms with van der Waals surface area (Å²) in [6, 6.07) is 16.1. The number of rotatable bonds is 6. The summed E-state index contributed by atoms with van der Waals surface area (Å²) in [7, 11) is 2.67. The zero-order chi connectivity index (χ0) is 25.2. The molecule has 0 radical (unpaired) electrons. The number of nitrogens with zero attached hydrogens (tertiary/aromatic N) is 3. The van der Waals surface area contributed by atoms with Gasteiger partial charge in [-0.25, -0.2) is 8.78 Å². The van der Waals surface area contributed by atoms with Gasteiger partial charge in [-0.3, -0.25) is 19.5 Å². The van der Waals surface area contributed by atoms with Gasteiger partial charge in [0.1, 0.15) is 11.8 Å². The average Bonchev–Trinajstić information content (AvgIpc) is 3.17. The fourth-order valence-corrected chi connectivity index (χ4v) is 4.13. The molecule has 10 heteroatoms. The Morgan fingerprint density at radius 1 is 1.14 bits per heavy atom. The minimum atomic E-state index is -3.27. The summed E-state index contributed by atoms with van der Waals surface area (Å²) >= 11 is 0. The summed E-state index contributed by atoms with van der Waals surface area (Å²) in [6.45, 7) is -1.55. The van der Waals surface area contributed by atoms with E-state index in [1.807, 2.05) is 36.4 Å². The first-order valence-corrected chi connectivity index (χ1v) is 10.7. The Kier molecular flexibility index (Phi) is 6.37. The number of hydrogen-bond acceptors (Lipinski definition) is 6. The Labute approximate surface area is 200 Å². The summed E-state index contributed by atoms with van der Waals surface area (Å²) in [5.74, 6) is -3.99. The van der Waals surface area contributed by atoms with E-state index in [9.17, 15) is 23.6 Å². The van der Waals surface area contributed by atoms with E-state index in [-0.39, 0.29) is 5.56 Å². The highest BCUT2D eigenvalue weighted by molar-refractivity contribution is 6.07. The quantitative estimate of drug-likeness (QED) is 0.580. The maximum atomic E-state index is 14.0. The molecule has 35 heavy (non-hydrogen) atoms. The molecule has 1 N–H and O–H groups in total. The maximum absolute atomic E-state index is 14.0. The van der Waals surface area contributed by atoms with Crippen molar-refractivity contribution in [1.82, 2.24) is 15.2 Å². The molecule has 1 aromatic heterocycles. The van der Waals surface area contributed by atoms with Crippen LogP contribution in [0, 0.1) is 11.3 Å². The monoisotopic (exact) mass is 480 g/mol. The highest BCUT2D eigenvalue weighted by Gasteiger charge is 2.58. The third-order valence-electron chi connectivity index (χ3n) is 5.95. The largest absolute Gasteiger partial charge is 0.497 e. The zero-order valence-corrected chi connectivity index (χ0v) is 19.0. The first-order chi connectivity index (χ1) is 16.7. The second kappa shape index (κ2) is 9.27. The van der Waals surface area contributed by atoms with Crippen molar-refractivity contribution in [2.75, 3.05) is 27.3 Å². The number of carbonyl (C=O) groups is 2. The predicted molar refractivity (Wildman–Crippen MR) is 123 cm³/mol. The lowest BCUT2D eigenvalue weighted by molar-refractivity contribution is -0.147. The van der Waals surface area contributed by atoms with Crippen LogP contribution < -0.4 is 10.1 Å². The van der Waals surface area contributed by atoms with Crippen LogP contribution >= 0.6 is 0 Å². The number of hydrogen-bond donors (Lipinski definition) is 1. The number of likely N-dealkylation sites (tertiary alicyclic amines) is 1. The lowest BCUT2D eigenvalue weighted by Gasteiger charge is -2.29. The number of fused-ring (bicyclic) bond motifs is 1. The third-order valence-corrected chi connectivity index (χ3v) is 5.95. The van der Waals surface area contributed by atoms with E-state index in [1.165, 1.54) is 12.3 Å². The van der Waals surface area contributed by atoms with E-state index in [0.29, 0.717) is 21.6 Å². The first kappa shape index (κ1) is 24.0. The van der Waals surface area contributed by atoms with Crippen LogP contribution in [0.15, 0.2) is 54.7 Å². The fraction of sp³-hybridized carbons (Fsp3) is 0.280. The molecule has 1 aliphatic rings. The highest BCUT2D eigenvalue weighted by Crippen LogP contribution is 2.39. The summed E-state index contributed by atoms with van der Waals surface area (Å²) in [5, 5.41) is 12.4. The van der Waals surface area contributed by atoms with Gasteiger partial charge in [0.15, 0.2) is 0 Å². The van der Waals surface area contributed by atoms with Crippen LogP contribution in [-0.4, -0.2) is 60.7 Å². The molecule has 0 aliphatic carbocycles. The summed E-state index contributed by atoms with van der Waals surface area (Å²) in [5.41, 5.74) is 0.505. The number of methoxy groups -OCH3 is 2. The third kappa shape index (κ3) is 4.63. The molecule has 8 nitrogen and oxygen atoms in total. The van der Waals surface area contributed by atoms with Gasteiger partial charge in [-0.15, -0.1) is 0 Å². The number of alkyl halides is 2. The predicted octanol–water partition coefficient (Wildman–Crippen LogP) is 3.37. The lowest BCUT2D eigenvalue weighted by Crippen LogP contribution is -2.51. The van der Waals surface area contributed by atoms with Crippen LogP contribution in [0.3, 0.4) is 0 Å². The van der Waals surface area contributed by atoms with Crippen molar-refractivity contribution in [1.29, 1.82) is 5.26 Å². The topological polar surface area (TPSA) is 105 Å². The molecule has 1 atom stereocenters. The van der Waals surface area contributed by atoms with Crippen LogP contribution in [0.4, 0.5) is 8.78 Å². The number of aromatic nitrogens is 1. The van der Waals surface area contributed by atoms with Crippen molar-refractivity contribution >= 4 is 22.7 Å². The molecule has 0 unspecified atom stereocenters. The number of benzene rings is 2. The van der Waals surface area contributed by atoms with Crippen molar-refractivity contribution in [3.8, 4) is 22.9 Å². The lowest BCUT2D eigenvalue weighted by atomic mass is 10.0. The Morgan fingerprint density at radius 2 is 1.86 bits per heavy atom. The van der Waals surface area contributed by atoms with Crippen molar-refractivity contribution in [3.05, 3.63) is 60.3 Å². The number of nitrogens with one attached hydrogen (secondary N) is 1. The molecule has 4 rings (SSSR count). The second-order valence-corrected chi connectivity index (χ2v) is 8.11. The molecule has 2 aromatic carbocycles. The van der Waals surface area contributed by atoms with Gasteiger partial charge in [0.25, 0.3) is 11.8 Å². The number of pyridine rings is 1. The van der Waals surface area contributed by atoms with Gasteiger partial charge in [0, 0.05) is 18.7 Å². The summed E-state index contributed by atoms with van der Waals surface area (Å²) in [6.07, 6.45) is 0.536. The highest BCUT2D eigenvalue weighted by atomic mass is 19.3. The molecular weight excluding hydrogens is 458 g/mol. The standard InChI is InChI=1S/C25H22F2N4O4/c1-34-18-6-3-16(4-7-18)17-5-8-21-20(11-17)19(9-10-29-21)23(33)30-12-22(32)31-15-24(26,27)13-25(31,14-28)35-2/h3-11H,12-13,15H2,1-2H3,(H,30,33)/t25-/m1/s1. The first-order valence-electron chi connectivity index (χ1n) is 10.7. The average molecular weight is 480 g/mol. The van der Waals surface area contributed by atoms with Gasteiger partial charge in [0.05, 0.1) is 37.7 Å². The maximum Gasteiger partial charge on any atom is 0.271 e. The van der Waals surface area contributed by atoms with Crippen LogP contribution in [-0.2, 0) is 9.53 Å². The minimum Gasteiger partial charge on any atom is -0.497 e. The van der Waals surface area contributed by atoms with Crippen LogP contribution in [0.2, 0.25) is 0 Å². The van der Waals surface area contributed by atoms with Crippen LogP contribution in [0.1, 0.15) is 16.8 Å². The zero-order valence-electron chi connectivity index (χ0n) is 19.0. The Bertz CT molecular complexity index is 1320. The van der Waals surface area contributed by atoms with E-state index in [4.69, 9.17) is 9.47 Å². The number of halogens is 2. The molecular formula is C25H22F2N4O4. The second-order valence-electron chi connectivity index (χ2n) is 8.11. The van der Waals surface area contributed by atoms with Crippen molar-refractivity contribution < 1.29 is 27.8 Å². The molecule has 1 fully saturated rings. The smallest absolute Gasteiger partial charge is 0.271 e. The Balaban J connectivity index is 1.56.